The van der Waals surface area contributed by atoms with Gasteiger partial charge in [-0.05, 0) is 6.92 Å². The number of benzene rings is 1. The van der Waals surface area contributed by atoms with E-state index in [4.69, 9.17) is 4.74 Å². The maximum Gasteiger partial charge on any atom is 0.285 e. The van der Waals surface area contributed by atoms with Crippen LogP contribution in [0.5, 0.6) is 0 Å². The number of nitrogens with one attached hydrogen (secondary N) is 1. The van der Waals surface area contributed by atoms with Gasteiger partial charge in [-0.1, -0.05) is 29.8 Å². The summed E-state index contributed by atoms with van der Waals surface area (Å²) in [5.74, 6) is -2.83. The van der Waals surface area contributed by atoms with Crippen LogP contribution in [0.2, 0.25) is 0 Å². The average molecular weight is 229 g/mol. The molecule has 0 unspecified atom stereocenters. The Morgan fingerprint density at radius 2 is 2.12 bits per heavy atom. The van der Waals surface area contributed by atoms with Crippen molar-refractivity contribution in [3.05, 3.63) is 35.4 Å². The van der Waals surface area contributed by atoms with Gasteiger partial charge in [-0.25, -0.2) is 0 Å². The second kappa shape index (κ2) is 5.92. The summed E-state index contributed by atoms with van der Waals surface area (Å²) in [6.45, 7) is 2.31. The number of rotatable bonds is 6. The third-order valence-corrected chi connectivity index (χ3v) is 2.27. The highest BCUT2D eigenvalue weighted by molar-refractivity contribution is 5.26. The monoisotopic (exact) mass is 229 g/mol. The predicted molar refractivity (Wildman–Crippen MR) is 59.8 cm³/mol. The van der Waals surface area contributed by atoms with E-state index in [1.54, 1.807) is 26.2 Å². The minimum atomic E-state index is -2.83. The summed E-state index contributed by atoms with van der Waals surface area (Å²) in [7, 11) is 1.54. The Morgan fingerprint density at radius 1 is 1.38 bits per heavy atom. The molecule has 0 aromatic heterocycles. The van der Waals surface area contributed by atoms with Crippen molar-refractivity contribution < 1.29 is 13.5 Å². The van der Waals surface area contributed by atoms with Gasteiger partial charge in [-0.2, -0.15) is 8.78 Å². The summed E-state index contributed by atoms with van der Waals surface area (Å²) in [5.41, 5.74) is 0.895. The molecule has 2 nitrogen and oxygen atoms in total. The van der Waals surface area contributed by atoms with Gasteiger partial charge in [-0.15, -0.1) is 0 Å². The predicted octanol–water partition coefficient (Wildman–Crippen LogP) is 2.32. The van der Waals surface area contributed by atoms with Gasteiger partial charge < -0.3 is 10.1 Å². The lowest BCUT2D eigenvalue weighted by molar-refractivity contribution is -0.00420. The molecule has 0 aliphatic rings. The highest BCUT2D eigenvalue weighted by Gasteiger charge is 2.30. The first-order valence-corrected chi connectivity index (χ1v) is 5.21. The van der Waals surface area contributed by atoms with Crippen LogP contribution in [0, 0.1) is 6.92 Å². The number of halogens is 2. The van der Waals surface area contributed by atoms with E-state index >= 15 is 0 Å². The number of hydrogen-bond donors (Lipinski definition) is 1. The minimum Gasteiger partial charge on any atom is -0.383 e. The number of hydrogen-bond acceptors (Lipinski definition) is 2. The van der Waals surface area contributed by atoms with Crippen molar-refractivity contribution >= 4 is 0 Å². The van der Waals surface area contributed by atoms with E-state index in [1.807, 2.05) is 0 Å². The molecule has 4 heteroatoms. The molecule has 0 saturated carbocycles. The van der Waals surface area contributed by atoms with Crippen LogP contribution in [-0.4, -0.2) is 26.8 Å². The van der Waals surface area contributed by atoms with Crippen LogP contribution in [0.25, 0.3) is 0 Å². The molecule has 0 saturated heterocycles. The summed E-state index contributed by atoms with van der Waals surface area (Å²) in [6.07, 6.45) is 0. The lowest BCUT2D eigenvalue weighted by atomic mass is 10.1. The first kappa shape index (κ1) is 13.1. The van der Waals surface area contributed by atoms with E-state index in [1.165, 1.54) is 12.1 Å². The fourth-order valence-corrected chi connectivity index (χ4v) is 1.39. The molecule has 1 N–H and O–H groups in total. The van der Waals surface area contributed by atoms with Crippen molar-refractivity contribution in [1.29, 1.82) is 0 Å². The summed E-state index contributed by atoms with van der Waals surface area (Å²) in [4.78, 5) is 0. The van der Waals surface area contributed by atoms with Gasteiger partial charge in [0.05, 0.1) is 13.2 Å². The van der Waals surface area contributed by atoms with Gasteiger partial charge in [-0.3, -0.25) is 0 Å². The molecular formula is C12H17F2NO. The molecule has 0 spiro atoms. The third kappa shape index (κ3) is 3.87. The summed E-state index contributed by atoms with van der Waals surface area (Å²) < 4.78 is 32.1. The second-order valence-electron chi connectivity index (χ2n) is 3.74. The highest BCUT2D eigenvalue weighted by Crippen LogP contribution is 2.27. The van der Waals surface area contributed by atoms with Crippen LogP contribution in [0.4, 0.5) is 8.78 Å². The number of methoxy groups -OCH3 is 1. The first-order valence-electron chi connectivity index (χ1n) is 5.21. The Kier molecular flexibility index (Phi) is 4.83. The fraction of sp³-hybridized carbons (Fsp3) is 0.500. The van der Waals surface area contributed by atoms with Crippen molar-refractivity contribution in [1.82, 2.24) is 5.32 Å². The van der Waals surface area contributed by atoms with Crippen molar-refractivity contribution in [3.8, 4) is 0 Å². The largest absolute Gasteiger partial charge is 0.383 e. The Bertz CT molecular complexity index is 329. The SMILES string of the molecule is COCCNCC(F)(F)c1cccc(C)c1. The zero-order valence-electron chi connectivity index (χ0n) is 9.59. The molecule has 90 valence electrons. The minimum absolute atomic E-state index is 0.0532. The fourth-order valence-electron chi connectivity index (χ4n) is 1.39. The van der Waals surface area contributed by atoms with Gasteiger partial charge in [0.25, 0.3) is 5.92 Å². The van der Waals surface area contributed by atoms with Crippen LogP contribution in [0.15, 0.2) is 24.3 Å². The van der Waals surface area contributed by atoms with E-state index < -0.39 is 5.92 Å². The second-order valence-corrected chi connectivity index (χ2v) is 3.74. The van der Waals surface area contributed by atoms with E-state index in [9.17, 15) is 8.78 Å². The summed E-state index contributed by atoms with van der Waals surface area (Å²) in [5, 5.41) is 2.67. The molecule has 1 aromatic carbocycles. The number of alkyl halides is 2. The van der Waals surface area contributed by atoms with Crippen LogP contribution in [0.1, 0.15) is 11.1 Å². The van der Waals surface area contributed by atoms with E-state index in [2.05, 4.69) is 5.32 Å². The van der Waals surface area contributed by atoms with Gasteiger partial charge in [0, 0.05) is 19.2 Å². The summed E-state index contributed by atoms with van der Waals surface area (Å²) >= 11 is 0. The maximum atomic E-state index is 13.7. The molecule has 16 heavy (non-hydrogen) atoms. The molecule has 0 atom stereocenters. The maximum absolute atomic E-state index is 13.7. The number of ether oxygens (including phenoxy) is 1. The van der Waals surface area contributed by atoms with Crippen molar-refractivity contribution in [2.45, 2.75) is 12.8 Å². The van der Waals surface area contributed by atoms with Crippen molar-refractivity contribution in [2.24, 2.45) is 0 Å². The van der Waals surface area contributed by atoms with Gasteiger partial charge in [0.2, 0.25) is 0 Å². The van der Waals surface area contributed by atoms with Gasteiger partial charge in [0.15, 0.2) is 0 Å². The van der Waals surface area contributed by atoms with Crippen LogP contribution in [0.3, 0.4) is 0 Å². The van der Waals surface area contributed by atoms with Crippen LogP contribution >= 0.6 is 0 Å². The van der Waals surface area contributed by atoms with Crippen LogP contribution in [-0.2, 0) is 10.7 Å². The molecule has 0 heterocycles. The Labute approximate surface area is 94.6 Å². The molecular weight excluding hydrogens is 212 g/mol. The number of aryl methyl sites for hydroxylation is 1. The standard InChI is InChI=1S/C12H17F2NO/c1-10-4-3-5-11(8-10)12(13,14)9-15-6-7-16-2/h3-5,8,15H,6-7,9H2,1-2H3. The first-order chi connectivity index (χ1) is 7.56. The zero-order chi connectivity index (χ0) is 12.0. The molecule has 0 amide bonds. The topological polar surface area (TPSA) is 21.3 Å². The average Bonchev–Trinajstić information content (AvgIpc) is 2.24. The molecule has 0 aliphatic carbocycles. The Balaban J connectivity index is 2.55. The van der Waals surface area contributed by atoms with Gasteiger partial charge in [0.1, 0.15) is 0 Å². The smallest absolute Gasteiger partial charge is 0.285 e. The van der Waals surface area contributed by atoms with Gasteiger partial charge >= 0.3 is 0 Å². The Hall–Kier alpha value is -1.00. The van der Waals surface area contributed by atoms with E-state index in [-0.39, 0.29) is 12.1 Å². The Morgan fingerprint density at radius 3 is 2.75 bits per heavy atom. The lowest BCUT2D eigenvalue weighted by Gasteiger charge is -2.17. The van der Waals surface area contributed by atoms with Crippen molar-refractivity contribution in [3.63, 3.8) is 0 Å². The molecule has 1 aromatic rings. The summed E-state index contributed by atoms with van der Waals surface area (Å²) in [6, 6.07) is 6.41. The zero-order valence-corrected chi connectivity index (χ0v) is 9.59. The molecule has 0 bridgehead atoms. The molecule has 1 rings (SSSR count). The van der Waals surface area contributed by atoms with Crippen LogP contribution < -0.4 is 5.32 Å². The van der Waals surface area contributed by atoms with Crippen molar-refractivity contribution in [2.75, 3.05) is 26.8 Å². The quantitative estimate of drug-likeness (QED) is 0.756. The molecule has 0 aliphatic heterocycles. The van der Waals surface area contributed by atoms with E-state index in [0.29, 0.717) is 13.2 Å². The normalized spacial score (nSPS) is 11.8. The molecule has 0 radical (unpaired) electrons. The van der Waals surface area contributed by atoms with E-state index in [0.717, 1.165) is 5.56 Å². The lowest BCUT2D eigenvalue weighted by Crippen LogP contribution is -2.32. The molecule has 0 fully saturated rings. The highest BCUT2D eigenvalue weighted by atomic mass is 19.3. The third-order valence-electron chi connectivity index (χ3n) is 2.27.